The van der Waals surface area contributed by atoms with Crippen LogP contribution in [0.4, 0.5) is 0 Å². The molecule has 2 N–H and O–H groups in total. The third-order valence-corrected chi connectivity index (χ3v) is 7.38. The Kier molecular flexibility index (Phi) is 10.6. The first-order valence-corrected chi connectivity index (χ1v) is 14.9. The summed E-state index contributed by atoms with van der Waals surface area (Å²) in [4.78, 5) is 41.6. The Hall–Kier alpha value is -5.70. The molecule has 234 valence electrons. The van der Waals surface area contributed by atoms with Gasteiger partial charge in [-0.2, -0.15) is 0 Å². The molecule has 0 saturated carbocycles. The SMILES string of the molecule is Cc1oc(-c2ccccc2)nc1CCOc1ccc(CCC(=O)O)c(CNC(=O)c2ccccc2COC(=O)c2ccccc2)c1. The molecular weight excluding hydrogens is 584 g/mol. The predicted octanol–water partition coefficient (Wildman–Crippen LogP) is 6.58. The molecule has 1 amide bonds. The lowest BCUT2D eigenvalue weighted by molar-refractivity contribution is -0.136. The van der Waals surface area contributed by atoms with Gasteiger partial charge in [0.2, 0.25) is 5.89 Å². The van der Waals surface area contributed by atoms with Crippen molar-refractivity contribution in [2.75, 3.05) is 6.61 Å². The molecule has 0 bridgehead atoms. The summed E-state index contributed by atoms with van der Waals surface area (Å²) >= 11 is 0. The average molecular weight is 619 g/mol. The number of amides is 1. The van der Waals surface area contributed by atoms with Crippen LogP contribution >= 0.6 is 0 Å². The van der Waals surface area contributed by atoms with Crippen LogP contribution in [0.15, 0.2) is 108 Å². The molecular formula is C37H34N2O7. The van der Waals surface area contributed by atoms with E-state index in [2.05, 4.69) is 10.3 Å². The van der Waals surface area contributed by atoms with E-state index in [-0.39, 0.29) is 25.5 Å². The van der Waals surface area contributed by atoms with Gasteiger partial charge in [-0.05, 0) is 66.9 Å². The van der Waals surface area contributed by atoms with Crippen LogP contribution in [-0.2, 0) is 35.5 Å². The lowest BCUT2D eigenvalue weighted by atomic mass is 10.0. The van der Waals surface area contributed by atoms with E-state index < -0.39 is 11.9 Å². The van der Waals surface area contributed by atoms with E-state index in [4.69, 9.17) is 13.9 Å². The summed E-state index contributed by atoms with van der Waals surface area (Å²) < 4.78 is 17.4. The number of benzene rings is 4. The van der Waals surface area contributed by atoms with Crippen molar-refractivity contribution in [2.24, 2.45) is 0 Å². The molecule has 0 aliphatic heterocycles. The van der Waals surface area contributed by atoms with Crippen LogP contribution in [-0.4, -0.2) is 34.5 Å². The van der Waals surface area contributed by atoms with Gasteiger partial charge in [0.25, 0.3) is 5.91 Å². The minimum absolute atomic E-state index is 0.0497. The van der Waals surface area contributed by atoms with Crippen molar-refractivity contribution in [3.8, 4) is 17.2 Å². The maximum absolute atomic E-state index is 13.3. The van der Waals surface area contributed by atoms with Crippen LogP contribution < -0.4 is 10.1 Å². The molecule has 0 aliphatic rings. The highest BCUT2D eigenvalue weighted by molar-refractivity contribution is 5.96. The molecule has 5 aromatic rings. The number of esters is 1. The van der Waals surface area contributed by atoms with Gasteiger partial charge >= 0.3 is 11.9 Å². The molecule has 9 heteroatoms. The number of oxazole rings is 1. The number of carbonyl (C=O) groups is 3. The van der Waals surface area contributed by atoms with Crippen molar-refractivity contribution in [2.45, 2.75) is 39.3 Å². The standard InChI is InChI=1S/C37H34N2O7/c1-25-33(39-36(46-25)27-10-4-2-5-11-27)20-21-44-31-18-16-26(17-19-34(40)41)30(22-31)23-38-35(42)32-15-9-8-14-29(32)24-45-37(43)28-12-6-3-7-13-28/h2-16,18,22H,17,19-21,23-24H2,1H3,(H,38,42)(H,40,41). The van der Waals surface area contributed by atoms with Crippen LogP contribution in [0.25, 0.3) is 11.5 Å². The number of nitrogens with one attached hydrogen (secondary N) is 1. The molecule has 0 spiro atoms. The third kappa shape index (κ3) is 8.47. The summed E-state index contributed by atoms with van der Waals surface area (Å²) in [5.74, 6) is 0.131. The second-order valence-electron chi connectivity index (χ2n) is 10.6. The molecule has 5 rings (SSSR count). The van der Waals surface area contributed by atoms with E-state index >= 15 is 0 Å². The van der Waals surface area contributed by atoms with Gasteiger partial charge in [-0.1, -0.05) is 60.7 Å². The number of hydrogen-bond acceptors (Lipinski definition) is 7. The summed E-state index contributed by atoms with van der Waals surface area (Å²) in [6.07, 6.45) is 0.778. The van der Waals surface area contributed by atoms with E-state index in [9.17, 15) is 19.5 Å². The van der Waals surface area contributed by atoms with Crippen molar-refractivity contribution in [1.29, 1.82) is 0 Å². The fourth-order valence-corrected chi connectivity index (χ4v) is 4.91. The molecule has 1 heterocycles. The smallest absolute Gasteiger partial charge is 0.338 e. The molecule has 1 aromatic heterocycles. The predicted molar refractivity (Wildman–Crippen MR) is 171 cm³/mol. The Labute approximate surface area is 266 Å². The molecule has 46 heavy (non-hydrogen) atoms. The summed E-state index contributed by atoms with van der Waals surface area (Å²) in [5, 5.41) is 12.2. The lowest BCUT2D eigenvalue weighted by Gasteiger charge is -2.15. The largest absolute Gasteiger partial charge is 0.493 e. The van der Waals surface area contributed by atoms with Crippen molar-refractivity contribution in [3.63, 3.8) is 0 Å². The first-order chi connectivity index (χ1) is 22.4. The molecule has 0 fully saturated rings. The normalized spacial score (nSPS) is 10.7. The number of aliphatic carboxylic acids is 1. The molecule has 4 aromatic carbocycles. The first kappa shape index (κ1) is 31.7. The van der Waals surface area contributed by atoms with Gasteiger partial charge in [-0.3, -0.25) is 9.59 Å². The van der Waals surface area contributed by atoms with Gasteiger partial charge in [-0.25, -0.2) is 9.78 Å². The van der Waals surface area contributed by atoms with E-state index in [1.807, 2.05) is 55.5 Å². The van der Waals surface area contributed by atoms with Crippen LogP contribution in [0.3, 0.4) is 0 Å². The fraction of sp³-hybridized carbons (Fsp3) is 0.189. The van der Waals surface area contributed by atoms with Gasteiger partial charge in [0, 0.05) is 36.1 Å². The van der Waals surface area contributed by atoms with Crippen LogP contribution in [0.2, 0.25) is 0 Å². The van der Waals surface area contributed by atoms with E-state index in [0.717, 1.165) is 28.1 Å². The number of rotatable bonds is 14. The quantitative estimate of drug-likeness (QED) is 0.134. The highest BCUT2D eigenvalue weighted by Gasteiger charge is 2.16. The summed E-state index contributed by atoms with van der Waals surface area (Å²) in [6, 6.07) is 30.7. The number of hydrogen-bond donors (Lipinski definition) is 2. The van der Waals surface area contributed by atoms with E-state index in [1.165, 1.54) is 0 Å². The molecule has 0 unspecified atom stereocenters. The minimum Gasteiger partial charge on any atom is -0.493 e. The van der Waals surface area contributed by atoms with Crippen LogP contribution in [0.1, 0.15) is 55.3 Å². The summed E-state index contributed by atoms with van der Waals surface area (Å²) in [6.45, 7) is 2.30. The van der Waals surface area contributed by atoms with Gasteiger partial charge in [-0.15, -0.1) is 0 Å². The second-order valence-corrected chi connectivity index (χ2v) is 10.6. The number of carboxylic acids is 1. The van der Waals surface area contributed by atoms with E-state index in [0.29, 0.717) is 47.8 Å². The van der Waals surface area contributed by atoms with Gasteiger partial charge in [0.15, 0.2) is 0 Å². The number of carbonyl (C=O) groups excluding carboxylic acids is 2. The van der Waals surface area contributed by atoms with Crippen LogP contribution in [0.5, 0.6) is 5.75 Å². The minimum atomic E-state index is -0.910. The molecule has 0 aliphatic carbocycles. The molecule has 9 nitrogen and oxygen atoms in total. The number of aryl methyl sites for hydroxylation is 2. The Bertz CT molecular complexity index is 1800. The van der Waals surface area contributed by atoms with Crippen molar-refractivity contribution in [3.05, 3.63) is 142 Å². The Morgan fingerprint density at radius 3 is 2.30 bits per heavy atom. The maximum atomic E-state index is 13.3. The molecule has 0 atom stereocenters. The number of carboxylic acid groups (broad SMARTS) is 1. The number of ether oxygens (including phenoxy) is 2. The maximum Gasteiger partial charge on any atom is 0.338 e. The number of aromatic nitrogens is 1. The van der Waals surface area contributed by atoms with Crippen molar-refractivity contribution in [1.82, 2.24) is 10.3 Å². The fourth-order valence-electron chi connectivity index (χ4n) is 4.91. The van der Waals surface area contributed by atoms with Crippen LogP contribution in [0, 0.1) is 6.92 Å². The van der Waals surface area contributed by atoms with Gasteiger partial charge in [0.1, 0.15) is 18.1 Å². The number of nitrogens with zero attached hydrogens (tertiary/aromatic N) is 1. The first-order valence-electron chi connectivity index (χ1n) is 14.9. The van der Waals surface area contributed by atoms with Crippen molar-refractivity contribution >= 4 is 17.8 Å². The zero-order chi connectivity index (χ0) is 32.3. The average Bonchev–Trinajstić information content (AvgIpc) is 3.46. The van der Waals surface area contributed by atoms with Crippen molar-refractivity contribution < 1.29 is 33.4 Å². The van der Waals surface area contributed by atoms with Gasteiger partial charge in [0.05, 0.1) is 17.9 Å². The highest BCUT2D eigenvalue weighted by atomic mass is 16.5. The third-order valence-electron chi connectivity index (χ3n) is 7.38. The summed E-state index contributed by atoms with van der Waals surface area (Å²) in [5.41, 5.74) is 4.60. The highest BCUT2D eigenvalue weighted by Crippen LogP contribution is 2.23. The monoisotopic (exact) mass is 618 g/mol. The zero-order valence-electron chi connectivity index (χ0n) is 25.4. The Morgan fingerprint density at radius 1 is 0.826 bits per heavy atom. The zero-order valence-corrected chi connectivity index (χ0v) is 25.4. The van der Waals surface area contributed by atoms with Gasteiger partial charge < -0.3 is 24.3 Å². The topological polar surface area (TPSA) is 128 Å². The molecule has 0 radical (unpaired) electrons. The second kappa shape index (κ2) is 15.3. The lowest BCUT2D eigenvalue weighted by Crippen LogP contribution is -2.25. The molecule has 0 saturated heterocycles. The summed E-state index contributed by atoms with van der Waals surface area (Å²) in [7, 11) is 0. The van der Waals surface area contributed by atoms with E-state index in [1.54, 1.807) is 54.6 Å². The Morgan fingerprint density at radius 2 is 1.54 bits per heavy atom. The Balaban J connectivity index is 1.23.